The van der Waals surface area contributed by atoms with Gasteiger partial charge in [0.25, 0.3) is 0 Å². The Labute approximate surface area is 101 Å². The minimum absolute atomic E-state index is 0.142. The molecule has 0 saturated carbocycles. The first-order valence-corrected chi connectivity index (χ1v) is 8.43. The standard InChI is InChI=1S/C13H24N2S/c1-7-8-16(5,6)12-14-9-11(10-15-12)13(2,3)4/h9-10H,7-8H2,1-6H3. The first kappa shape index (κ1) is 13.5. The van der Waals surface area contributed by atoms with Gasteiger partial charge in [-0.05, 0) is 35.7 Å². The summed E-state index contributed by atoms with van der Waals surface area (Å²) in [7, 11) is -0.795. The zero-order chi connectivity index (χ0) is 12.4. The quantitative estimate of drug-likeness (QED) is 0.754. The molecule has 0 aliphatic rings. The number of hydrogen-bond acceptors (Lipinski definition) is 2. The van der Waals surface area contributed by atoms with E-state index in [0.717, 1.165) is 5.16 Å². The molecule has 3 heteroatoms. The third kappa shape index (κ3) is 3.21. The average Bonchev–Trinajstić information content (AvgIpc) is 2.16. The summed E-state index contributed by atoms with van der Waals surface area (Å²) in [6.07, 6.45) is 9.78. The van der Waals surface area contributed by atoms with Crippen LogP contribution in [-0.2, 0) is 5.41 Å². The zero-order valence-electron chi connectivity index (χ0n) is 11.4. The van der Waals surface area contributed by atoms with Gasteiger partial charge in [0.2, 0.25) is 0 Å². The van der Waals surface area contributed by atoms with Crippen molar-refractivity contribution in [3.63, 3.8) is 0 Å². The van der Waals surface area contributed by atoms with Crippen LogP contribution in [0, 0.1) is 0 Å². The monoisotopic (exact) mass is 240 g/mol. The van der Waals surface area contributed by atoms with Crippen LogP contribution >= 0.6 is 10.0 Å². The highest BCUT2D eigenvalue weighted by Gasteiger charge is 2.19. The number of rotatable bonds is 3. The van der Waals surface area contributed by atoms with Crippen LogP contribution in [0.3, 0.4) is 0 Å². The van der Waals surface area contributed by atoms with Crippen molar-refractivity contribution in [2.24, 2.45) is 0 Å². The summed E-state index contributed by atoms with van der Waals surface area (Å²) in [6.45, 7) is 8.79. The van der Waals surface area contributed by atoms with Gasteiger partial charge in [0.05, 0.1) is 0 Å². The molecule has 1 heterocycles. The van der Waals surface area contributed by atoms with Crippen molar-refractivity contribution in [3.8, 4) is 0 Å². The molecule has 92 valence electrons. The minimum Gasteiger partial charge on any atom is -0.232 e. The Bertz CT molecular complexity index is 336. The van der Waals surface area contributed by atoms with Gasteiger partial charge in [-0.2, -0.15) is 10.0 Å². The summed E-state index contributed by atoms with van der Waals surface area (Å²) in [5.41, 5.74) is 1.35. The summed E-state index contributed by atoms with van der Waals surface area (Å²) in [5, 5.41) is 1.04. The Kier molecular flexibility index (Phi) is 4.00. The molecule has 2 nitrogen and oxygen atoms in total. The molecule has 16 heavy (non-hydrogen) atoms. The summed E-state index contributed by atoms with van der Waals surface area (Å²) in [6, 6.07) is 0. The van der Waals surface area contributed by atoms with Crippen LogP contribution in [0.15, 0.2) is 17.6 Å². The SMILES string of the molecule is CCCS(C)(C)c1ncc(C(C)(C)C)cn1. The van der Waals surface area contributed by atoms with Gasteiger partial charge in [-0.25, -0.2) is 9.97 Å². The van der Waals surface area contributed by atoms with Crippen molar-refractivity contribution in [1.29, 1.82) is 0 Å². The molecule has 0 fully saturated rings. The van der Waals surface area contributed by atoms with Gasteiger partial charge in [0.1, 0.15) is 0 Å². The maximum absolute atomic E-state index is 4.56. The molecule has 0 N–H and O–H groups in total. The second kappa shape index (κ2) is 4.74. The van der Waals surface area contributed by atoms with E-state index in [1.54, 1.807) is 0 Å². The lowest BCUT2D eigenvalue weighted by Crippen LogP contribution is -2.14. The van der Waals surface area contributed by atoms with Crippen molar-refractivity contribution < 1.29 is 0 Å². The van der Waals surface area contributed by atoms with E-state index >= 15 is 0 Å². The molecule has 1 rings (SSSR count). The largest absolute Gasteiger partial charge is 0.232 e. The van der Waals surface area contributed by atoms with E-state index in [0.29, 0.717) is 0 Å². The number of nitrogens with zero attached hydrogens (tertiary/aromatic N) is 2. The van der Waals surface area contributed by atoms with Crippen LogP contribution in [-0.4, -0.2) is 28.2 Å². The highest BCUT2D eigenvalue weighted by molar-refractivity contribution is 8.32. The average molecular weight is 240 g/mol. The molecule has 0 aliphatic carbocycles. The van der Waals surface area contributed by atoms with Gasteiger partial charge in [-0.15, -0.1) is 0 Å². The fourth-order valence-electron chi connectivity index (χ4n) is 1.59. The van der Waals surface area contributed by atoms with Crippen LogP contribution < -0.4 is 0 Å². The van der Waals surface area contributed by atoms with E-state index in [2.05, 4.69) is 50.2 Å². The van der Waals surface area contributed by atoms with E-state index in [4.69, 9.17) is 0 Å². The summed E-state index contributed by atoms with van der Waals surface area (Å²) in [4.78, 5) is 9.12. The van der Waals surface area contributed by atoms with Crippen molar-refractivity contribution in [2.75, 3.05) is 18.3 Å². The lowest BCUT2D eigenvalue weighted by Gasteiger charge is -2.29. The van der Waals surface area contributed by atoms with E-state index in [1.807, 2.05) is 12.4 Å². The molecule has 0 amide bonds. The first-order valence-electron chi connectivity index (χ1n) is 5.81. The highest BCUT2D eigenvalue weighted by Crippen LogP contribution is 2.46. The lowest BCUT2D eigenvalue weighted by atomic mass is 9.89. The van der Waals surface area contributed by atoms with Crippen LogP contribution in [0.25, 0.3) is 0 Å². The zero-order valence-corrected chi connectivity index (χ0v) is 12.2. The van der Waals surface area contributed by atoms with Crippen LogP contribution in [0.2, 0.25) is 0 Å². The van der Waals surface area contributed by atoms with Crippen LogP contribution in [0.5, 0.6) is 0 Å². The Hall–Kier alpha value is -0.570. The molecule has 0 spiro atoms. The Balaban J connectivity index is 2.95. The predicted octanol–water partition coefficient (Wildman–Crippen LogP) is 3.61. The van der Waals surface area contributed by atoms with Crippen LogP contribution in [0.1, 0.15) is 39.7 Å². The van der Waals surface area contributed by atoms with E-state index < -0.39 is 10.0 Å². The third-order valence-corrected chi connectivity index (χ3v) is 5.33. The first-order chi connectivity index (χ1) is 7.27. The van der Waals surface area contributed by atoms with Crippen molar-refractivity contribution in [1.82, 2.24) is 9.97 Å². The van der Waals surface area contributed by atoms with E-state index in [-0.39, 0.29) is 5.41 Å². The molecule has 1 aromatic rings. The van der Waals surface area contributed by atoms with E-state index in [9.17, 15) is 0 Å². The van der Waals surface area contributed by atoms with Crippen LogP contribution in [0.4, 0.5) is 0 Å². The number of hydrogen-bond donors (Lipinski definition) is 0. The van der Waals surface area contributed by atoms with Crippen molar-refractivity contribution in [2.45, 2.75) is 44.7 Å². The Morgan fingerprint density at radius 1 is 1.12 bits per heavy atom. The number of aromatic nitrogens is 2. The Morgan fingerprint density at radius 2 is 1.62 bits per heavy atom. The molecule has 0 atom stereocenters. The Morgan fingerprint density at radius 3 is 2.00 bits per heavy atom. The van der Waals surface area contributed by atoms with Gasteiger partial charge < -0.3 is 0 Å². The predicted molar refractivity (Wildman–Crippen MR) is 73.6 cm³/mol. The summed E-state index contributed by atoms with van der Waals surface area (Å²) in [5.74, 6) is 1.21. The van der Waals surface area contributed by atoms with Crippen molar-refractivity contribution in [3.05, 3.63) is 18.0 Å². The molecule has 0 saturated heterocycles. The summed E-state index contributed by atoms with van der Waals surface area (Å²) >= 11 is 0. The molecule has 0 aliphatic heterocycles. The van der Waals surface area contributed by atoms with Gasteiger partial charge in [-0.3, -0.25) is 0 Å². The van der Waals surface area contributed by atoms with Gasteiger partial charge in [0, 0.05) is 12.4 Å². The topological polar surface area (TPSA) is 25.8 Å². The third-order valence-electron chi connectivity index (χ3n) is 2.70. The molecule has 0 radical (unpaired) electrons. The van der Waals surface area contributed by atoms with Crippen molar-refractivity contribution >= 4 is 10.0 Å². The second-order valence-electron chi connectivity index (χ2n) is 5.75. The summed E-state index contributed by atoms with van der Waals surface area (Å²) < 4.78 is 0. The maximum atomic E-state index is 4.56. The molecule has 1 aromatic heterocycles. The fraction of sp³-hybridized carbons (Fsp3) is 0.692. The molecule has 0 bridgehead atoms. The second-order valence-corrected chi connectivity index (χ2v) is 9.60. The van der Waals surface area contributed by atoms with Gasteiger partial charge >= 0.3 is 0 Å². The smallest absolute Gasteiger partial charge is 0.169 e. The van der Waals surface area contributed by atoms with E-state index in [1.165, 1.54) is 17.7 Å². The lowest BCUT2D eigenvalue weighted by molar-refractivity contribution is 0.580. The molecular weight excluding hydrogens is 216 g/mol. The minimum atomic E-state index is -0.795. The highest BCUT2D eigenvalue weighted by atomic mass is 32.3. The van der Waals surface area contributed by atoms with Gasteiger partial charge in [-0.1, -0.05) is 27.7 Å². The molecule has 0 unspecified atom stereocenters. The van der Waals surface area contributed by atoms with Gasteiger partial charge in [0.15, 0.2) is 5.16 Å². The molecule has 0 aromatic carbocycles. The molecular formula is C13H24N2S. The fourth-order valence-corrected chi connectivity index (χ4v) is 3.47. The maximum Gasteiger partial charge on any atom is 0.169 e. The normalized spacial score (nSPS) is 13.9.